The zero-order valence-electron chi connectivity index (χ0n) is 18.5. The molecule has 2 aromatic carbocycles. The number of methoxy groups -OCH3 is 1. The highest BCUT2D eigenvalue weighted by atomic mass is 16.6. The number of anilines is 1. The Morgan fingerprint density at radius 1 is 1.15 bits per heavy atom. The molecule has 33 heavy (non-hydrogen) atoms. The van der Waals surface area contributed by atoms with Crippen molar-refractivity contribution < 1.29 is 19.0 Å². The Kier molecular flexibility index (Phi) is 5.02. The average molecular weight is 447 g/mol. The van der Waals surface area contributed by atoms with Crippen molar-refractivity contribution in [3.63, 3.8) is 0 Å². The Labute approximate surface area is 191 Å². The van der Waals surface area contributed by atoms with Gasteiger partial charge in [0.2, 0.25) is 11.8 Å². The van der Waals surface area contributed by atoms with Gasteiger partial charge >= 0.3 is 0 Å². The van der Waals surface area contributed by atoms with E-state index in [2.05, 4.69) is 32.3 Å². The van der Waals surface area contributed by atoms with Crippen molar-refractivity contribution in [3.8, 4) is 17.4 Å². The highest BCUT2D eigenvalue weighted by Crippen LogP contribution is 2.52. The van der Waals surface area contributed by atoms with Crippen LogP contribution < -0.4 is 19.5 Å². The lowest BCUT2D eigenvalue weighted by molar-refractivity contribution is -0.118. The number of para-hydroxylation sites is 1. The van der Waals surface area contributed by atoms with Gasteiger partial charge in [-0.05, 0) is 48.1 Å². The fourth-order valence-electron chi connectivity index (χ4n) is 5.15. The monoisotopic (exact) mass is 446 g/mol. The van der Waals surface area contributed by atoms with Crippen LogP contribution in [0.1, 0.15) is 5.56 Å². The summed E-state index contributed by atoms with van der Waals surface area (Å²) in [6.07, 6.45) is 2.54. The normalized spacial score (nSPS) is 23.2. The molecule has 3 heterocycles. The summed E-state index contributed by atoms with van der Waals surface area (Å²) in [4.78, 5) is 24.3. The third-order valence-corrected chi connectivity index (χ3v) is 6.91. The summed E-state index contributed by atoms with van der Waals surface area (Å²) in [6, 6.07) is 11.8. The average Bonchev–Trinajstić information content (AvgIpc) is 3.37. The van der Waals surface area contributed by atoms with Crippen molar-refractivity contribution in [1.82, 2.24) is 14.9 Å². The predicted octanol–water partition coefficient (Wildman–Crippen LogP) is 2.77. The summed E-state index contributed by atoms with van der Waals surface area (Å²) in [6.45, 7) is 4.14. The number of hydrogen-bond donors (Lipinski definition) is 1. The molecule has 2 aliphatic heterocycles. The minimum absolute atomic E-state index is 0.0735. The van der Waals surface area contributed by atoms with Gasteiger partial charge in [0, 0.05) is 25.6 Å². The number of hydrogen-bond acceptors (Lipinski definition) is 7. The van der Waals surface area contributed by atoms with Crippen LogP contribution >= 0.6 is 0 Å². The largest absolute Gasteiger partial charge is 0.486 e. The number of nitrogens with zero attached hydrogens (tertiary/aromatic N) is 3. The molecule has 1 unspecified atom stereocenters. The van der Waals surface area contributed by atoms with Crippen molar-refractivity contribution in [2.45, 2.75) is 6.42 Å². The number of piperidine rings is 1. The SMILES string of the molecule is COc1cnc2cccc(NC(=O)C3[C@H]4CN(CCc5ccc6c(c5)OCCO6)C[C@@H]34)c2n1. The van der Waals surface area contributed by atoms with E-state index >= 15 is 0 Å². The van der Waals surface area contributed by atoms with E-state index in [-0.39, 0.29) is 11.8 Å². The van der Waals surface area contributed by atoms with E-state index in [0.717, 1.165) is 43.1 Å². The van der Waals surface area contributed by atoms with Crippen molar-refractivity contribution in [3.05, 3.63) is 48.2 Å². The zero-order valence-corrected chi connectivity index (χ0v) is 18.5. The molecule has 8 heteroatoms. The number of fused-ring (bicyclic) bond motifs is 3. The summed E-state index contributed by atoms with van der Waals surface area (Å²) in [5.41, 5.74) is 3.32. The van der Waals surface area contributed by atoms with Gasteiger partial charge in [-0.15, -0.1) is 0 Å². The minimum atomic E-state index is 0.0735. The molecule has 0 spiro atoms. The number of likely N-dealkylation sites (tertiary alicyclic amines) is 1. The van der Waals surface area contributed by atoms with E-state index in [9.17, 15) is 4.79 Å². The van der Waals surface area contributed by atoms with E-state index in [4.69, 9.17) is 14.2 Å². The van der Waals surface area contributed by atoms with Gasteiger partial charge in [-0.25, -0.2) is 9.97 Å². The van der Waals surface area contributed by atoms with Gasteiger partial charge in [0.15, 0.2) is 11.5 Å². The summed E-state index contributed by atoms with van der Waals surface area (Å²) in [5.74, 6) is 3.12. The van der Waals surface area contributed by atoms with Crippen LogP contribution in [-0.4, -0.2) is 60.7 Å². The van der Waals surface area contributed by atoms with Gasteiger partial charge < -0.3 is 24.4 Å². The van der Waals surface area contributed by atoms with Crippen LogP contribution in [0, 0.1) is 17.8 Å². The Bertz CT molecular complexity index is 1200. The van der Waals surface area contributed by atoms with Gasteiger partial charge in [0.25, 0.3) is 0 Å². The summed E-state index contributed by atoms with van der Waals surface area (Å²) >= 11 is 0. The number of aromatic nitrogens is 2. The van der Waals surface area contributed by atoms with Crippen molar-refractivity contribution >= 4 is 22.6 Å². The molecule has 1 amide bonds. The lowest BCUT2D eigenvalue weighted by atomic mass is 10.1. The smallest absolute Gasteiger partial charge is 0.232 e. The lowest BCUT2D eigenvalue weighted by Crippen LogP contribution is -2.30. The first-order valence-corrected chi connectivity index (χ1v) is 11.4. The first-order valence-electron chi connectivity index (χ1n) is 11.4. The standard InChI is InChI=1S/C25H26N4O4/c1-31-22-12-26-18-3-2-4-19(24(18)28-22)27-25(30)23-16-13-29(14-17(16)23)8-7-15-5-6-20-21(11-15)33-10-9-32-20/h2-6,11-12,16-17,23H,7-10,13-14H2,1H3,(H,27,30)/t16-,17+,23?. The van der Waals surface area contributed by atoms with Crippen LogP contribution in [-0.2, 0) is 11.2 Å². The van der Waals surface area contributed by atoms with Crippen LogP contribution in [0.4, 0.5) is 5.69 Å². The number of carbonyl (C=O) groups excluding carboxylic acids is 1. The zero-order chi connectivity index (χ0) is 22.4. The van der Waals surface area contributed by atoms with Gasteiger partial charge in [0.05, 0.1) is 24.5 Å². The summed E-state index contributed by atoms with van der Waals surface area (Å²) in [5, 5.41) is 3.09. The Morgan fingerprint density at radius 2 is 1.97 bits per heavy atom. The molecule has 8 nitrogen and oxygen atoms in total. The van der Waals surface area contributed by atoms with E-state index < -0.39 is 0 Å². The Hall–Kier alpha value is -3.39. The molecule has 1 N–H and O–H groups in total. The first-order chi connectivity index (χ1) is 16.2. The highest BCUT2D eigenvalue weighted by Gasteiger charge is 2.59. The molecule has 0 bridgehead atoms. The lowest BCUT2D eigenvalue weighted by Gasteiger charge is -2.21. The highest BCUT2D eigenvalue weighted by molar-refractivity contribution is 6.01. The van der Waals surface area contributed by atoms with E-state index in [1.807, 2.05) is 24.3 Å². The molecule has 170 valence electrons. The Balaban J connectivity index is 1.04. The topological polar surface area (TPSA) is 85.8 Å². The minimum Gasteiger partial charge on any atom is -0.486 e. The second-order valence-corrected chi connectivity index (χ2v) is 8.92. The number of rotatable bonds is 6. The molecule has 1 saturated heterocycles. The predicted molar refractivity (Wildman–Crippen MR) is 123 cm³/mol. The number of carbonyl (C=O) groups is 1. The van der Waals surface area contributed by atoms with Gasteiger partial charge in [0.1, 0.15) is 18.7 Å². The maximum Gasteiger partial charge on any atom is 0.232 e. The molecule has 1 aliphatic carbocycles. The van der Waals surface area contributed by atoms with Crippen molar-refractivity contribution in [2.24, 2.45) is 17.8 Å². The second-order valence-electron chi connectivity index (χ2n) is 8.92. The van der Waals surface area contributed by atoms with Crippen molar-refractivity contribution in [2.75, 3.05) is 45.3 Å². The quantitative estimate of drug-likeness (QED) is 0.623. The van der Waals surface area contributed by atoms with Crippen LogP contribution in [0.25, 0.3) is 11.0 Å². The molecular formula is C25H26N4O4. The molecule has 2 fully saturated rings. The van der Waals surface area contributed by atoms with Gasteiger partial charge in [-0.1, -0.05) is 12.1 Å². The van der Waals surface area contributed by atoms with Crippen molar-refractivity contribution in [1.29, 1.82) is 0 Å². The maximum absolute atomic E-state index is 13.0. The van der Waals surface area contributed by atoms with Gasteiger partial charge in [-0.2, -0.15) is 0 Å². The van der Waals surface area contributed by atoms with Crippen LogP contribution in [0.5, 0.6) is 17.4 Å². The fourth-order valence-corrected chi connectivity index (χ4v) is 5.15. The van der Waals surface area contributed by atoms with Crippen LogP contribution in [0.3, 0.4) is 0 Å². The molecule has 3 atom stereocenters. The maximum atomic E-state index is 13.0. The molecule has 1 saturated carbocycles. The van der Waals surface area contributed by atoms with Crippen LogP contribution in [0.2, 0.25) is 0 Å². The molecule has 6 rings (SSSR count). The molecule has 0 radical (unpaired) electrons. The van der Waals surface area contributed by atoms with Gasteiger partial charge in [-0.3, -0.25) is 4.79 Å². The molecule has 1 aromatic heterocycles. The van der Waals surface area contributed by atoms with Crippen LogP contribution in [0.15, 0.2) is 42.6 Å². The summed E-state index contributed by atoms with van der Waals surface area (Å²) in [7, 11) is 1.56. The number of amides is 1. The number of ether oxygens (including phenoxy) is 3. The molecule has 3 aromatic rings. The third kappa shape index (κ3) is 3.84. The first kappa shape index (κ1) is 20.2. The second kappa shape index (κ2) is 8.19. The molecular weight excluding hydrogens is 420 g/mol. The summed E-state index contributed by atoms with van der Waals surface area (Å²) < 4.78 is 16.5. The van der Waals surface area contributed by atoms with E-state index in [0.29, 0.717) is 42.1 Å². The fraction of sp³-hybridized carbons (Fsp3) is 0.400. The number of nitrogens with one attached hydrogen (secondary N) is 1. The van der Waals surface area contributed by atoms with E-state index in [1.165, 1.54) is 5.56 Å². The number of benzene rings is 2. The molecule has 3 aliphatic rings. The third-order valence-electron chi connectivity index (χ3n) is 6.91. The Morgan fingerprint density at radius 3 is 2.79 bits per heavy atom. The van der Waals surface area contributed by atoms with E-state index in [1.54, 1.807) is 13.3 Å².